The van der Waals surface area contributed by atoms with E-state index in [9.17, 15) is 0 Å². The van der Waals surface area contributed by atoms with Crippen molar-refractivity contribution in [1.82, 2.24) is 14.5 Å². The third-order valence-corrected chi connectivity index (χ3v) is 10.1. The van der Waals surface area contributed by atoms with Gasteiger partial charge in [-0.3, -0.25) is 9.97 Å². The molecule has 3 aromatic heterocycles. The van der Waals surface area contributed by atoms with Crippen molar-refractivity contribution in [3.8, 4) is 50.5 Å². The molecule has 238 valence electrons. The SMILES string of the molecule is c1ccc(-n2c(-c3ccc(-c4c5ccccc5cc5ccccc45)cc3)ccc2-c2ccc(-c3cc4cccnc4c4ncccc34)cc2)cc1. The molecule has 10 aromatic rings. The lowest BCUT2D eigenvalue weighted by Crippen LogP contribution is -1.99. The summed E-state index contributed by atoms with van der Waals surface area (Å²) in [5, 5.41) is 7.24. The molecule has 0 aliphatic carbocycles. The highest BCUT2D eigenvalue weighted by atomic mass is 15.0. The zero-order valence-corrected chi connectivity index (χ0v) is 27.7. The molecular weight excluding hydrogens is 619 g/mol. The van der Waals surface area contributed by atoms with E-state index in [4.69, 9.17) is 4.98 Å². The highest BCUT2D eigenvalue weighted by Gasteiger charge is 2.16. The number of hydrogen-bond acceptors (Lipinski definition) is 2. The Morgan fingerprint density at radius 1 is 0.353 bits per heavy atom. The minimum Gasteiger partial charge on any atom is -0.309 e. The molecule has 0 N–H and O–H groups in total. The molecule has 0 saturated carbocycles. The van der Waals surface area contributed by atoms with Gasteiger partial charge in [-0.25, -0.2) is 0 Å². The molecule has 0 saturated heterocycles. The molecule has 3 heteroatoms. The molecule has 7 aromatic carbocycles. The lowest BCUT2D eigenvalue weighted by molar-refractivity contribution is 1.09. The lowest BCUT2D eigenvalue weighted by Gasteiger charge is -2.16. The van der Waals surface area contributed by atoms with Crippen molar-refractivity contribution >= 4 is 43.4 Å². The highest BCUT2D eigenvalue weighted by molar-refractivity contribution is 6.13. The van der Waals surface area contributed by atoms with Gasteiger partial charge in [-0.05, 0) is 103 Å². The maximum atomic E-state index is 4.72. The second kappa shape index (κ2) is 11.9. The minimum absolute atomic E-state index is 0.928. The number of para-hydroxylation sites is 1. The molecule has 0 radical (unpaired) electrons. The summed E-state index contributed by atoms with van der Waals surface area (Å²) in [6, 6.07) is 63.3. The molecule has 0 amide bonds. The Bertz CT molecular complexity index is 2830. The number of fused-ring (bicyclic) bond motifs is 5. The molecule has 0 aliphatic heterocycles. The van der Waals surface area contributed by atoms with Crippen LogP contribution in [0.4, 0.5) is 0 Å². The molecule has 0 fully saturated rings. The van der Waals surface area contributed by atoms with Crippen molar-refractivity contribution in [3.63, 3.8) is 0 Å². The van der Waals surface area contributed by atoms with Crippen LogP contribution < -0.4 is 0 Å². The van der Waals surface area contributed by atoms with E-state index in [0.29, 0.717) is 0 Å². The molecule has 0 aliphatic rings. The molecular formula is C48H31N3. The number of aromatic nitrogens is 3. The van der Waals surface area contributed by atoms with Crippen LogP contribution in [0, 0.1) is 0 Å². The van der Waals surface area contributed by atoms with Crippen LogP contribution in [0.5, 0.6) is 0 Å². The largest absolute Gasteiger partial charge is 0.309 e. The van der Waals surface area contributed by atoms with Gasteiger partial charge in [-0.1, -0.05) is 127 Å². The van der Waals surface area contributed by atoms with E-state index in [1.807, 2.05) is 24.5 Å². The van der Waals surface area contributed by atoms with Crippen molar-refractivity contribution in [2.24, 2.45) is 0 Å². The maximum absolute atomic E-state index is 4.72. The molecule has 0 bridgehead atoms. The van der Waals surface area contributed by atoms with Crippen LogP contribution in [0.2, 0.25) is 0 Å². The summed E-state index contributed by atoms with van der Waals surface area (Å²) < 4.78 is 2.37. The first-order chi connectivity index (χ1) is 25.3. The molecule has 3 heterocycles. The molecule has 0 unspecified atom stereocenters. The van der Waals surface area contributed by atoms with Gasteiger partial charge in [-0.15, -0.1) is 0 Å². The summed E-state index contributed by atoms with van der Waals surface area (Å²) in [6.07, 6.45) is 3.68. The van der Waals surface area contributed by atoms with E-state index >= 15 is 0 Å². The number of hydrogen-bond donors (Lipinski definition) is 0. The zero-order chi connectivity index (χ0) is 33.7. The van der Waals surface area contributed by atoms with E-state index in [-0.39, 0.29) is 0 Å². The Morgan fingerprint density at radius 2 is 0.863 bits per heavy atom. The van der Waals surface area contributed by atoms with Crippen LogP contribution in [-0.2, 0) is 0 Å². The van der Waals surface area contributed by atoms with Gasteiger partial charge >= 0.3 is 0 Å². The van der Waals surface area contributed by atoms with Gasteiger partial charge in [0.1, 0.15) is 0 Å². The summed E-state index contributed by atoms with van der Waals surface area (Å²) >= 11 is 0. The van der Waals surface area contributed by atoms with Crippen molar-refractivity contribution in [2.45, 2.75) is 0 Å². The van der Waals surface area contributed by atoms with Crippen LogP contribution in [0.3, 0.4) is 0 Å². The fourth-order valence-corrected chi connectivity index (χ4v) is 7.71. The van der Waals surface area contributed by atoms with Crippen LogP contribution in [-0.4, -0.2) is 14.5 Å². The summed E-state index contributed by atoms with van der Waals surface area (Å²) in [4.78, 5) is 9.36. The average molecular weight is 650 g/mol. The van der Waals surface area contributed by atoms with Gasteiger partial charge in [0.2, 0.25) is 0 Å². The summed E-state index contributed by atoms with van der Waals surface area (Å²) in [5.41, 5.74) is 12.4. The first-order valence-corrected chi connectivity index (χ1v) is 17.3. The van der Waals surface area contributed by atoms with Crippen LogP contribution in [0.1, 0.15) is 0 Å². The second-order valence-corrected chi connectivity index (χ2v) is 13.0. The van der Waals surface area contributed by atoms with Crippen LogP contribution in [0.25, 0.3) is 93.8 Å². The quantitative estimate of drug-likeness (QED) is 0.137. The summed E-state index contributed by atoms with van der Waals surface area (Å²) in [6.45, 7) is 0. The monoisotopic (exact) mass is 649 g/mol. The van der Waals surface area contributed by atoms with Crippen molar-refractivity contribution in [3.05, 3.63) is 188 Å². The number of pyridine rings is 2. The lowest BCUT2D eigenvalue weighted by atomic mass is 9.91. The fourth-order valence-electron chi connectivity index (χ4n) is 7.71. The molecule has 3 nitrogen and oxygen atoms in total. The summed E-state index contributed by atoms with van der Waals surface area (Å²) in [7, 11) is 0. The first kappa shape index (κ1) is 29.1. The van der Waals surface area contributed by atoms with E-state index in [1.165, 1.54) is 38.2 Å². The van der Waals surface area contributed by atoms with Gasteiger partial charge in [0, 0.05) is 28.9 Å². The van der Waals surface area contributed by atoms with Crippen molar-refractivity contribution < 1.29 is 0 Å². The van der Waals surface area contributed by atoms with Gasteiger partial charge in [0.05, 0.1) is 22.4 Å². The topological polar surface area (TPSA) is 30.7 Å². The third kappa shape index (κ3) is 4.90. The van der Waals surface area contributed by atoms with Crippen LogP contribution >= 0.6 is 0 Å². The Labute approximate surface area is 295 Å². The average Bonchev–Trinajstić information content (AvgIpc) is 3.65. The molecule has 0 atom stereocenters. The minimum atomic E-state index is 0.928. The normalized spacial score (nSPS) is 11.5. The van der Waals surface area contributed by atoms with E-state index < -0.39 is 0 Å². The van der Waals surface area contributed by atoms with Gasteiger partial charge < -0.3 is 4.57 Å². The smallest absolute Gasteiger partial charge is 0.0970 e. The third-order valence-electron chi connectivity index (χ3n) is 10.1. The Hall–Kier alpha value is -6.84. The maximum Gasteiger partial charge on any atom is 0.0970 e. The second-order valence-electron chi connectivity index (χ2n) is 13.0. The molecule has 10 rings (SSSR count). The van der Waals surface area contributed by atoms with E-state index in [2.05, 4.69) is 173 Å². The van der Waals surface area contributed by atoms with E-state index in [1.54, 1.807) is 0 Å². The predicted octanol–water partition coefficient (Wildman–Crippen LogP) is 12.5. The van der Waals surface area contributed by atoms with Gasteiger partial charge in [0.25, 0.3) is 0 Å². The highest BCUT2D eigenvalue weighted by Crippen LogP contribution is 2.39. The standard InChI is InChI=1S/C48H31N3/c1-2-13-39(14-3-1)51-44(33-20-18-32(19-21-33)43-31-38-12-8-28-49-47(38)48-42(43)17-9-29-50-48)26-27-45(51)34-22-24-35(25-23-34)46-40-15-6-4-10-36(40)30-37-11-5-7-16-41(37)46/h1-31H. The predicted molar refractivity (Wildman–Crippen MR) is 213 cm³/mol. The Morgan fingerprint density at radius 3 is 1.53 bits per heavy atom. The Kier molecular flexibility index (Phi) is 6.81. The van der Waals surface area contributed by atoms with Gasteiger partial charge in [-0.2, -0.15) is 0 Å². The number of benzene rings is 7. The molecule has 51 heavy (non-hydrogen) atoms. The number of nitrogens with zero attached hydrogens (tertiary/aromatic N) is 3. The van der Waals surface area contributed by atoms with Crippen LogP contribution in [0.15, 0.2) is 188 Å². The fraction of sp³-hybridized carbons (Fsp3) is 0. The van der Waals surface area contributed by atoms with Crippen molar-refractivity contribution in [1.29, 1.82) is 0 Å². The zero-order valence-electron chi connectivity index (χ0n) is 27.7. The Balaban J connectivity index is 1.07. The first-order valence-electron chi connectivity index (χ1n) is 17.3. The van der Waals surface area contributed by atoms with Gasteiger partial charge in [0.15, 0.2) is 0 Å². The van der Waals surface area contributed by atoms with Crippen molar-refractivity contribution in [2.75, 3.05) is 0 Å². The summed E-state index contributed by atoms with van der Waals surface area (Å²) in [5.74, 6) is 0. The number of rotatable bonds is 5. The van der Waals surface area contributed by atoms with E-state index in [0.717, 1.165) is 55.6 Å². The molecule has 0 spiro atoms.